The van der Waals surface area contributed by atoms with Gasteiger partial charge in [-0.25, -0.2) is 0 Å². The van der Waals surface area contributed by atoms with Gasteiger partial charge in [0, 0.05) is 16.2 Å². The Morgan fingerprint density at radius 2 is 0.815 bits per heavy atom. The highest BCUT2D eigenvalue weighted by atomic mass is 16.3. The molecule has 250 valence electrons. The lowest BCUT2D eigenvalue weighted by atomic mass is 9.84. The number of hydrogen-bond acceptors (Lipinski definition) is 2. The fourth-order valence-corrected chi connectivity index (χ4v) is 9.14. The smallest absolute Gasteiger partial charge is 0.147 e. The zero-order valence-corrected chi connectivity index (χ0v) is 29.1. The van der Waals surface area contributed by atoms with Crippen LogP contribution in [0.1, 0.15) is 0 Å². The minimum atomic E-state index is 0.841. The zero-order valence-electron chi connectivity index (χ0n) is 29.1. The molecule has 0 N–H and O–H groups in total. The molecule has 0 amide bonds. The molecule has 0 aliphatic rings. The lowest BCUT2D eigenvalue weighted by Crippen LogP contribution is -1.92. The van der Waals surface area contributed by atoms with Crippen LogP contribution in [0, 0.1) is 0 Å². The van der Waals surface area contributed by atoms with Crippen molar-refractivity contribution < 1.29 is 8.83 Å². The Hall–Kier alpha value is -7.16. The van der Waals surface area contributed by atoms with Crippen LogP contribution in [0.15, 0.2) is 191 Å². The van der Waals surface area contributed by atoms with Crippen LogP contribution in [0.4, 0.5) is 0 Å². The molecule has 0 saturated carbocycles. The molecule has 0 atom stereocenters. The van der Waals surface area contributed by atoms with Crippen molar-refractivity contribution in [3.8, 4) is 33.4 Å². The van der Waals surface area contributed by atoms with E-state index < -0.39 is 0 Å². The Morgan fingerprint density at radius 1 is 0.259 bits per heavy atom. The first kappa shape index (κ1) is 29.4. The van der Waals surface area contributed by atoms with E-state index >= 15 is 0 Å². The minimum Gasteiger partial charge on any atom is -0.456 e. The predicted molar refractivity (Wildman–Crippen MR) is 227 cm³/mol. The lowest BCUT2D eigenvalue weighted by molar-refractivity contribution is 0.663. The molecule has 12 rings (SSSR count). The summed E-state index contributed by atoms with van der Waals surface area (Å²) in [5.41, 5.74) is 10.8. The molecule has 0 radical (unpaired) electrons. The van der Waals surface area contributed by atoms with Crippen molar-refractivity contribution in [1.29, 1.82) is 0 Å². The lowest BCUT2D eigenvalue weighted by Gasteiger charge is -2.19. The van der Waals surface area contributed by atoms with Gasteiger partial charge in [0.15, 0.2) is 0 Å². The first-order chi connectivity index (χ1) is 26.8. The highest BCUT2D eigenvalue weighted by Crippen LogP contribution is 2.47. The van der Waals surface area contributed by atoms with Crippen LogP contribution in [-0.4, -0.2) is 0 Å². The Bertz CT molecular complexity index is 3430. The van der Waals surface area contributed by atoms with E-state index in [0.717, 1.165) is 49.4 Å². The molecule has 0 aliphatic carbocycles. The van der Waals surface area contributed by atoms with E-state index in [4.69, 9.17) is 8.83 Å². The number of hydrogen-bond donors (Lipinski definition) is 0. The van der Waals surface area contributed by atoms with Gasteiger partial charge in [-0.15, -0.1) is 0 Å². The van der Waals surface area contributed by atoms with Crippen LogP contribution < -0.4 is 0 Å². The molecular weight excluding hydrogens is 657 g/mol. The van der Waals surface area contributed by atoms with Crippen molar-refractivity contribution >= 4 is 87.0 Å². The molecule has 2 heterocycles. The minimum absolute atomic E-state index is 0.841. The maximum absolute atomic E-state index is 6.77. The first-order valence-corrected chi connectivity index (χ1v) is 18.5. The average molecular weight is 687 g/mol. The fourth-order valence-electron chi connectivity index (χ4n) is 9.14. The summed E-state index contributed by atoms with van der Waals surface area (Å²) in [6.45, 7) is 0. The van der Waals surface area contributed by atoms with E-state index in [1.54, 1.807) is 0 Å². The third-order valence-corrected chi connectivity index (χ3v) is 11.5. The molecule has 0 fully saturated rings. The van der Waals surface area contributed by atoms with Gasteiger partial charge in [0.05, 0.1) is 5.39 Å². The molecule has 12 aromatic rings. The summed E-state index contributed by atoms with van der Waals surface area (Å²) < 4.78 is 13.0. The maximum atomic E-state index is 6.77. The van der Waals surface area contributed by atoms with Gasteiger partial charge >= 0.3 is 0 Å². The molecule has 10 aromatic carbocycles. The second-order valence-electron chi connectivity index (χ2n) is 14.3. The van der Waals surface area contributed by atoms with E-state index in [1.165, 1.54) is 70.9 Å². The van der Waals surface area contributed by atoms with E-state index in [0.29, 0.717) is 0 Å². The molecule has 0 saturated heterocycles. The number of fused-ring (bicyclic) bond motifs is 12. The molecule has 0 spiro atoms. The van der Waals surface area contributed by atoms with E-state index in [2.05, 4.69) is 170 Å². The molecule has 54 heavy (non-hydrogen) atoms. The highest BCUT2D eigenvalue weighted by molar-refractivity contribution is 6.26. The molecule has 0 aliphatic heterocycles. The Kier molecular flexibility index (Phi) is 6.09. The summed E-state index contributed by atoms with van der Waals surface area (Å²) in [6.07, 6.45) is 0. The quantitative estimate of drug-likeness (QED) is 0.137. The Balaban J connectivity index is 1.11. The molecule has 0 unspecified atom stereocenters. The van der Waals surface area contributed by atoms with E-state index in [-0.39, 0.29) is 0 Å². The maximum Gasteiger partial charge on any atom is 0.147 e. The van der Waals surface area contributed by atoms with Crippen LogP contribution in [-0.2, 0) is 0 Å². The van der Waals surface area contributed by atoms with E-state index in [1.807, 2.05) is 12.1 Å². The van der Waals surface area contributed by atoms with Gasteiger partial charge < -0.3 is 8.83 Å². The third-order valence-electron chi connectivity index (χ3n) is 11.5. The number of rotatable bonds is 3. The first-order valence-electron chi connectivity index (χ1n) is 18.5. The monoisotopic (exact) mass is 686 g/mol. The van der Waals surface area contributed by atoms with Crippen LogP contribution in [0.25, 0.3) is 120 Å². The van der Waals surface area contributed by atoms with Crippen LogP contribution in [0.2, 0.25) is 0 Å². The summed E-state index contributed by atoms with van der Waals surface area (Å²) in [5, 5.41) is 14.2. The van der Waals surface area contributed by atoms with Gasteiger partial charge in [-0.3, -0.25) is 0 Å². The zero-order chi connectivity index (χ0) is 35.3. The summed E-state index contributed by atoms with van der Waals surface area (Å²) >= 11 is 0. The predicted octanol–water partition coefficient (Wildman–Crippen LogP) is 15.1. The van der Waals surface area contributed by atoms with Gasteiger partial charge in [-0.2, -0.15) is 0 Å². The highest BCUT2D eigenvalue weighted by Gasteiger charge is 2.21. The van der Waals surface area contributed by atoms with Gasteiger partial charge in [0.1, 0.15) is 22.3 Å². The normalized spacial score (nSPS) is 12.1. The Morgan fingerprint density at radius 3 is 1.54 bits per heavy atom. The van der Waals surface area contributed by atoms with Crippen molar-refractivity contribution in [3.63, 3.8) is 0 Å². The second kappa shape index (κ2) is 11.2. The third kappa shape index (κ3) is 4.11. The van der Waals surface area contributed by atoms with Crippen LogP contribution in [0.3, 0.4) is 0 Å². The number of para-hydroxylation sites is 1. The van der Waals surface area contributed by atoms with E-state index in [9.17, 15) is 0 Å². The summed E-state index contributed by atoms with van der Waals surface area (Å²) in [4.78, 5) is 0. The second-order valence-corrected chi connectivity index (χ2v) is 14.3. The van der Waals surface area contributed by atoms with Crippen molar-refractivity contribution in [2.24, 2.45) is 0 Å². The van der Waals surface area contributed by atoms with Gasteiger partial charge in [0.25, 0.3) is 0 Å². The molecular formula is C52H30O2. The van der Waals surface area contributed by atoms with Gasteiger partial charge in [0.2, 0.25) is 0 Å². The average Bonchev–Trinajstić information content (AvgIpc) is 3.80. The van der Waals surface area contributed by atoms with Crippen molar-refractivity contribution in [2.75, 3.05) is 0 Å². The van der Waals surface area contributed by atoms with Crippen LogP contribution in [0.5, 0.6) is 0 Å². The number of benzene rings is 10. The van der Waals surface area contributed by atoms with Crippen molar-refractivity contribution in [2.45, 2.75) is 0 Å². The summed E-state index contributed by atoms with van der Waals surface area (Å²) in [5.74, 6) is 0. The van der Waals surface area contributed by atoms with Gasteiger partial charge in [-0.05, 0) is 107 Å². The Labute approximate surface area is 310 Å². The fraction of sp³-hybridized carbons (Fsp3) is 0. The molecule has 0 bridgehead atoms. The SMILES string of the molecule is c1ccc(-c2cccc3c2ccc2c(-c4c5ccccc5c(-c5ccc6c(c5)oc5c6ccc6oc7ccccc7c65)c5ccccc45)cccc23)cc1. The molecule has 2 aromatic heterocycles. The summed E-state index contributed by atoms with van der Waals surface area (Å²) in [7, 11) is 0. The number of furan rings is 2. The largest absolute Gasteiger partial charge is 0.456 e. The van der Waals surface area contributed by atoms with Crippen molar-refractivity contribution in [1.82, 2.24) is 0 Å². The standard InChI is InChI=1S/C52H30O2/c1-2-12-31(13-3-1)33-19-10-20-34-35-21-11-22-39(37(35)27-26-36(33)34)50-42-16-6-4-14-40(42)49(41-15-5-7-17-43(41)50)32-24-25-38-44-28-29-47-51(52(44)54-48(38)30-32)45-18-8-9-23-46(45)53-47/h1-30H. The van der Waals surface area contributed by atoms with Crippen molar-refractivity contribution in [3.05, 3.63) is 182 Å². The summed E-state index contributed by atoms with van der Waals surface area (Å²) in [6, 6.07) is 65.7. The van der Waals surface area contributed by atoms with Crippen LogP contribution >= 0.6 is 0 Å². The molecule has 2 nitrogen and oxygen atoms in total. The topological polar surface area (TPSA) is 26.3 Å². The molecule has 2 heteroatoms. The van der Waals surface area contributed by atoms with Gasteiger partial charge in [-0.1, -0.05) is 152 Å².